The van der Waals surface area contributed by atoms with Crippen molar-refractivity contribution in [2.24, 2.45) is 0 Å². The molecule has 0 aromatic heterocycles. The first-order chi connectivity index (χ1) is 3.39. The quantitative estimate of drug-likeness (QED) is 0.259. The van der Waals surface area contributed by atoms with E-state index in [1.807, 2.05) is 0 Å². The average Bonchev–Trinajstić information content (AvgIpc) is 1.69. The van der Waals surface area contributed by atoms with E-state index in [9.17, 15) is 0 Å². The van der Waals surface area contributed by atoms with Crippen LogP contribution in [-0.2, 0) is 0 Å². The van der Waals surface area contributed by atoms with Crippen LogP contribution in [0.2, 0.25) is 0 Å². The molecule has 0 aliphatic carbocycles. The first kappa shape index (κ1) is 6.08. The van der Waals surface area contributed by atoms with Crippen molar-refractivity contribution in [3.8, 4) is 0 Å². The van der Waals surface area contributed by atoms with E-state index in [2.05, 4.69) is 11.6 Å². The van der Waals surface area contributed by atoms with Gasteiger partial charge >= 0.3 is 57.9 Å². The third-order valence-electron chi connectivity index (χ3n) is 0.894. The molecule has 44 valence electrons. The normalized spacial score (nSPS) is 33.0. The molecule has 1 aliphatic rings. The first-order valence-corrected chi connectivity index (χ1v) is 7.29. The van der Waals surface area contributed by atoms with E-state index in [1.165, 1.54) is 6.42 Å². The third-order valence-corrected chi connectivity index (χ3v) is 7.85. The fourth-order valence-corrected chi connectivity index (χ4v) is 6.46. The van der Waals surface area contributed by atoms with Crippen LogP contribution in [0.3, 0.4) is 0 Å². The molecule has 0 radical (unpaired) electrons. The molecule has 0 bridgehead atoms. The summed E-state index contributed by atoms with van der Waals surface area (Å²) in [4.78, 5) is 0. The Morgan fingerprint density at radius 3 is 2.86 bits per heavy atom. The molecule has 1 heterocycles. The van der Waals surface area contributed by atoms with Crippen molar-refractivity contribution in [3.05, 3.63) is 0 Å². The van der Waals surface area contributed by atoms with Gasteiger partial charge in [-0.15, -0.1) is 0 Å². The van der Waals surface area contributed by atoms with Crippen LogP contribution in [0.1, 0.15) is 6.42 Å². The Kier molecular flexibility index (Phi) is 2.67. The van der Waals surface area contributed by atoms with Gasteiger partial charge in [-0.2, -0.15) is 0 Å². The van der Waals surface area contributed by atoms with E-state index in [0.717, 1.165) is 10.5 Å². The van der Waals surface area contributed by atoms with E-state index in [4.69, 9.17) is 0 Å². The Morgan fingerprint density at radius 1 is 1.71 bits per heavy atom. The summed E-state index contributed by atoms with van der Waals surface area (Å²) in [5.41, 5.74) is 0. The van der Waals surface area contributed by atoms with E-state index in [1.54, 1.807) is 8.19 Å². The zero-order valence-electron chi connectivity index (χ0n) is 4.48. The fourth-order valence-electron chi connectivity index (χ4n) is 0.544. The number of alkyl halides is 2. The molecule has 0 saturated heterocycles. The average molecular weight is 229 g/mol. The Hall–Kier alpha value is 0.950. The van der Waals surface area contributed by atoms with E-state index >= 15 is 0 Å². The van der Waals surface area contributed by atoms with Crippen molar-refractivity contribution in [1.82, 2.24) is 0 Å². The second-order valence-electron chi connectivity index (χ2n) is 1.63. The van der Waals surface area contributed by atoms with Gasteiger partial charge in [0.25, 0.3) is 0 Å². The second kappa shape index (κ2) is 3.07. The Balaban J connectivity index is 2.40. The van der Waals surface area contributed by atoms with E-state index in [0.29, 0.717) is 21.2 Å². The number of halogens is 1. The predicted molar refractivity (Wildman–Crippen MR) is 33.9 cm³/mol. The van der Waals surface area contributed by atoms with Crippen molar-refractivity contribution in [3.63, 3.8) is 0 Å². The van der Waals surface area contributed by atoms with Crippen molar-refractivity contribution in [2.75, 3.05) is 14.4 Å². The summed E-state index contributed by atoms with van der Waals surface area (Å²) in [5, 5.41) is 2.49. The molecule has 1 aliphatic heterocycles. The summed E-state index contributed by atoms with van der Waals surface area (Å²) in [6.45, 7) is 0. The summed E-state index contributed by atoms with van der Waals surface area (Å²) < 4.78 is 3.12. The van der Waals surface area contributed by atoms with E-state index in [-0.39, 0.29) is 0 Å². The third kappa shape index (κ3) is 2.13. The summed E-state index contributed by atoms with van der Waals surface area (Å²) >= 11 is 0.656. The molecule has 2 heteroatoms. The molecule has 0 saturated carbocycles. The van der Waals surface area contributed by atoms with Crippen molar-refractivity contribution in [1.29, 1.82) is 0 Å². The minimum absolute atomic E-state index is 0.656. The van der Waals surface area contributed by atoms with Crippen LogP contribution in [0.25, 0.3) is 0 Å². The molecular weight excluding hydrogens is 219 g/mol. The second-order valence-corrected chi connectivity index (χ2v) is 7.59. The maximum absolute atomic E-state index is 2.49. The Morgan fingerprint density at radius 2 is 2.57 bits per heavy atom. The van der Waals surface area contributed by atoms with Crippen LogP contribution in [0.15, 0.2) is 0 Å². The molecule has 0 fully saturated rings. The van der Waals surface area contributed by atoms with Crippen LogP contribution in [0.5, 0.6) is 0 Å². The van der Waals surface area contributed by atoms with Crippen LogP contribution in [-0.4, -0.2) is 19.8 Å². The molecule has 0 amide bonds. The van der Waals surface area contributed by atoms with Gasteiger partial charge in [0.1, 0.15) is 0 Å². The molecule has 7 heavy (non-hydrogen) atoms. The minimum atomic E-state index is 0.656. The molecule has 1 unspecified atom stereocenters. The molecule has 1 atom stereocenters. The van der Waals surface area contributed by atoms with Gasteiger partial charge in [0, 0.05) is 0 Å². The summed E-state index contributed by atoms with van der Waals surface area (Å²) in [6.07, 6.45) is 3.78. The molecule has 0 aromatic carbocycles. The molecule has 0 nitrogen and oxygen atoms in total. The van der Waals surface area contributed by atoms with Gasteiger partial charge in [0.05, 0.1) is 0 Å². The first-order valence-electron chi connectivity index (χ1n) is 2.38. The van der Waals surface area contributed by atoms with Gasteiger partial charge in [-0.1, -0.05) is 0 Å². The van der Waals surface area contributed by atoms with Crippen molar-refractivity contribution < 1.29 is 21.2 Å². The molecule has 0 N–H and O–H groups in total. The molecule has 0 spiro atoms. The van der Waals surface area contributed by atoms with Crippen molar-refractivity contribution in [2.45, 2.75) is 6.42 Å². The van der Waals surface area contributed by atoms with Crippen LogP contribution in [0, 0.1) is 0 Å². The van der Waals surface area contributed by atoms with Gasteiger partial charge in [0.15, 0.2) is 0 Å². The van der Waals surface area contributed by atoms with Gasteiger partial charge < -0.3 is 0 Å². The van der Waals surface area contributed by atoms with E-state index < -0.39 is 0 Å². The monoisotopic (exact) mass is 229 g/mol. The summed E-state index contributed by atoms with van der Waals surface area (Å²) in [7, 11) is 0.734. The SMILES string of the molecule is CS1=CCC[I-]C1. The Labute approximate surface area is 57.9 Å². The van der Waals surface area contributed by atoms with Gasteiger partial charge in [-0.05, 0) is 0 Å². The summed E-state index contributed by atoms with van der Waals surface area (Å²) in [6, 6.07) is 0. The Bertz CT molecular complexity index is 88.1. The molecule has 1 rings (SSSR count). The van der Waals surface area contributed by atoms with Gasteiger partial charge in [-0.25, -0.2) is 0 Å². The number of hydrogen-bond donors (Lipinski definition) is 0. The number of rotatable bonds is 0. The fraction of sp³-hybridized carbons (Fsp3) is 0.800. The maximum atomic E-state index is 2.49. The van der Waals surface area contributed by atoms with Gasteiger partial charge in [0.2, 0.25) is 0 Å². The number of hydrogen-bond acceptors (Lipinski definition) is 0. The summed E-state index contributed by atoms with van der Waals surface area (Å²) in [5.74, 6) is 0. The molecular formula is C5H10IS-. The van der Waals surface area contributed by atoms with Gasteiger partial charge in [-0.3, -0.25) is 0 Å². The van der Waals surface area contributed by atoms with Crippen LogP contribution >= 0.6 is 10.5 Å². The zero-order chi connectivity index (χ0) is 5.11. The van der Waals surface area contributed by atoms with Crippen LogP contribution < -0.4 is 21.2 Å². The predicted octanol–water partition coefficient (Wildman–Crippen LogP) is -1.86. The topological polar surface area (TPSA) is 0 Å². The van der Waals surface area contributed by atoms with Crippen LogP contribution in [0.4, 0.5) is 0 Å². The molecule has 0 aromatic rings. The standard InChI is InChI=1S/C5H10IS/c1-7-4-2-3-6-5-7/h4H,2-3,5H2,1H3/q-1. The van der Waals surface area contributed by atoms with Crippen molar-refractivity contribution >= 4 is 15.9 Å². The zero-order valence-corrected chi connectivity index (χ0v) is 7.46.